The topological polar surface area (TPSA) is 69.6 Å². The van der Waals surface area contributed by atoms with Gasteiger partial charge in [-0.05, 0) is 28.4 Å². The summed E-state index contributed by atoms with van der Waals surface area (Å²) < 4.78 is 27.0. The summed E-state index contributed by atoms with van der Waals surface area (Å²) in [7, 11) is 0. The number of aliphatic carboxylic acids is 1. The van der Waals surface area contributed by atoms with Crippen molar-refractivity contribution in [1.82, 2.24) is 5.32 Å². The number of phenols is 1. The number of hydrogen-bond acceptors (Lipinski definition) is 3. The van der Waals surface area contributed by atoms with Crippen LogP contribution >= 0.6 is 15.9 Å². The molecule has 1 aromatic carbocycles. The van der Waals surface area contributed by atoms with Crippen molar-refractivity contribution in [3.05, 3.63) is 27.7 Å². The van der Waals surface area contributed by atoms with Gasteiger partial charge in [0, 0.05) is 12.6 Å². The van der Waals surface area contributed by atoms with Crippen LogP contribution in [0.2, 0.25) is 0 Å². The summed E-state index contributed by atoms with van der Waals surface area (Å²) in [6.45, 7) is 0.160. The Morgan fingerprint density at radius 2 is 2.17 bits per heavy atom. The Balaban J connectivity index is 2.38. The zero-order valence-electron chi connectivity index (χ0n) is 9.08. The van der Waals surface area contributed by atoms with E-state index in [1.165, 1.54) is 0 Å². The van der Waals surface area contributed by atoms with E-state index < -0.39 is 35.3 Å². The molecule has 0 bridgehead atoms. The van der Waals surface area contributed by atoms with Gasteiger partial charge in [-0.15, -0.1) is 0 Å². The van der Waals surface area contributed by atoms with E-state index in [1.54, 1.807) is 0 Å². The predicted molar refractivity (Wildman–Crippen MR) is 62.2 cm³/mol. The minimum Gasteiger partial charge on any atom is -0.506 e. The van der Waals surface area contributed by atoms with Crippen LogP contribution in [0.3, 0.4) is 0 Å². The number of aromatic hydroxyl groups is 1. The number of benzene rings is 1. The SMILES string of the molecule is O=C(O)C1CNC(c2c(O)c(Br)cc(F)c2F)C1. The molecule has 1 aromatic rings. The standard InChI is InChI=1S/C11H10BrF2NO3/c12-5-2-6(13)9(14)8(10(5)16)7-1-4(3-15-7)11(17)18/h2,4,7,15-16H,1,3H2,(H,17,18). The Morgan fingerprint density at radius 3 is 2.72 bits per heavy atom. The fourth-order valence-corrected chi connectivity index (χ4v) is 2.48. The van der Waals surface area contributed by atoms with Gasteiger partial charge in [-0.2, -0.15) is 0 Å². The van der Waals surface area contributed by atoms with E-state index in [0.29, 0.717) is 0 Å². The van der Waals surface area contributed by atoms with Crippen LogP contribution in [0.5, 0.6) is 5.75 Å². The molecule has 3 N–H and O–H groups in total. The molecule has 1 fully saturated rings. The quantitative estimate of drug-likeness (QED) is 0.730. The number of rotatable bonds is 2. The molecule has 7 heteroatoms. The average Bonchev–Trinajstić information content (AvgIpc) is 2.76. The highest BCUT2D eigenvalue weighted by Gasteiger charge is 2.34. The van der Waals surface area contributed by atoms with Crippen molar-refractivity contribution < 1.29 is 23.8 Å². The number of halogens is 3. The molecule has 1 aliphatic heterocycles. The van der Waals surface area contributed by atoms with Crippen LogP contribution in [0.4, 0.5) is 8.78 Å². The lowest BCUT2D eigenvalue weighted by molar-refractivity contribution is -0.141. The molecule has 0 aliphatic carbocycles. The van der Waals surface area contributed by atoms with E-state index in [1.807, 2.05) is 0 Å². The summed E-state index contributed by atoms with van der Waals surface area (Å²) in [6.07, 6.45) is 0.107. The first-order valence-corrected chi connectivity index (χ1v) is 6.03. The molecule has 98 valence electrons. The van der Waals surface area contributed by atoms with Crippen molar-refractivity contribution in [3.63, 3.8) is 0 Å². The van der Waals surface area contributed by atoms with E-state index in [-0.39, 0.29) is 23.0 Å². The van der Waals surface area contributed by atoms with Gasteiger partial charge in [0.25, 0.3) is 0 Å². The van der Waals surface area contributed by atoms with E-state index in [2.05, 4.69) is 21.2 Å². The van der Waals surface area contributed by atoms with Gasteiger partial charge in [0.2, 0.25) is 0 Å². The van der Waals surface area contributed by atoms with Crippen molar-refractivity contribution >= 4 is 21.9 Å². The Bertz CT molecular complexity index is 483. The second-order valence-corrected chi connectivity index (χ2v) is 5.00. The summed E-state index contributed by atoms with van der Waals surface area (Å²) >= 11 is 2.92. The molecule has 18 heavy (non-hydrogen) atoms. The molecule has 1 aliphatic rings. The summed E-state index contributed by atoms with van der Waals surface area (Å²) in [5.74, 6) is -4.32. The molecule has 0 amide bonds. The number of carboxylic acids is 1. The van der Waals surface area contributed by atoms with Crippen molar-refractivity contribution in [2.24, 2.45) is 5.92 Å². The molecule has 2 unspecified atom stereocenters. The maximum Gasteiger partial charge on any atom is 0.307 e. The van der Waals surface area contributed by atoms with Gasteiger partial charge in [-0.3, -0.25) is 4.79 Å². The zero-order valence-corrected chi connectivity index (χ0v) is 10.7. The van der Waals surface area contributed by atoms with E-state index in [4.69, 9.17) is 5.11 Å². The summed E-state index contributed by atoms with van der Waals surface area (Å²) in [5, 5.41) is 21.4. The highest BCUT2D eigenvalue weighted by Crippen LogP contribution is 2.39. The third-order valence-corrected chi connectivity index (χ3v) is 3.61. The fourth-order valence-electron chi connectivity index (χ4n) is 2.07. The first-order chi connectivity index (χ1) is 8.41. The van der Waals surface area contributed by atoms with Crippen LogP contribution < -0.4 is 5.32 Å². The van der Waals surface area contributed by atoms with Crippen molar-refractivity contribution in [1.29, 1.82) is 0 Å². The second kappa shape index (κ2) is 4.81. The lowest BCUT2D eigenvalue weighted by Crippen LogP contribution is -2.18. The fraction of sp³-hybridized carbons (Fsp3) is 0.364. The monoisotopic (exact) mass is 321 g/mol. The van der Waals surface area contributed by atoms with Crippen LogP contribution in [-0.2, 0) is 4.79 Å². The molecular weight excluding hydrogens is 312 g/mol. The number of carbonyl (C=O) groups is 1. The number of phenolic OH excluding ortho intramolecular Hbond substituents is 1. The van der Waals surface area contributed by atoms with E-state index >= 15 is 0 Å². The Kier molecular flexibility index (Phi) is 3.54. The first kappa shape index (κ1) is 13.2. The third kappa shape index (κ3) is 2.20. The minimum atomic E-state index is -1.15. The number of nitrogens with one attached hydrogen (secondary N) is 1. The van der Waals surface area contributed by atoms with Crippen molar-refractivity contribution in [2.45, 2.75) is 12.5 Å². The van der Waals surface area contributed by atoms with Gasteiger partial charge in [0.05, 0.1) is 16.0 Å². The largest absolute Gasteiger partial charge is 0.506 e. The van der Waals surface area contributed by atoms with Gasteiger partial charge < -0.3 is 15.5 Å². The molecule has 2 rings (SSSR count). The predicted octanol–water partition coefficient (Wildman–Crippen LogP) is 2.17. The Morgan fingerprint density at radius 1 is 1.50 bits per heavy atom. The van der Waals surface area contributed by atoms with Gasteiger partial charge in [-0.1, -0.05) is 0 Å². The summed E-state index contributed by atoms with van der Waals surface area (Å²) in [6, 6.07) is 0.121. The molecular formula is C11H10BrF2NO3. The maximum atomic E-state index is 13.7. The molecule has 0 spiro atoms. The molecule has 0 aromatic heterocycles. The Hall–Kier alpha value is -1.21. The van der Waals surface area contributed by atoms with Crippen LogP contribution in [-0.4, -0.2) is 22.7 Å². The van der Waals surface area contributed by atoms with Gasteiger partial charge in [0.1, 0.15) is 5.75 Å². The Labute approximate surface area is 110 Å². The zero-order chi connectivity index (χ0) is 13.4. The third-order valence-electron chi connectivity index (χ3n) is 3.01. The smallest absolute Gasteiger partial charge is 0.307 e. The highest BCUT2D eigenvalue weighted by atomic mass is 79.9. The lowest BCUT2D eigenvalue weighted by atomic mass is 9.99. The van der Waals surface area contributed by atoms with Crippen LogP contribution in [0.25, 0.3) is 0 Å². The second-order valence-electron chi connectivity index (χ2n) is 4.15. The highest BCUT2D eigenvalue weighted by molar-refractivity contribution is 9.10. The molecule has 1 saturated heterocycles. The molecule has 0 saturated carbocycles. The maximum absolute atomic E-state index is 13.7. The molecule has 2 atom stereocenters. The van der Waals surface area contributed by atoms with Gasteiger partial charge >= 0.3 is 5.97 Å². The van der Waals surface area contributed by atoms with E-state index in [0.717, 1.165) is 6.07 Å². The number of carboxylic acid groups (broad SMARTS) is 1. The minimum absolute atomic E-state index is 0.0389. The molecule has 0 radical (unpaired) electrons. The summed E-state index contributed by atoms with van der Waals surface area (Å²) in [4.78, 5) is 10.8. The average molecular weight is 322 g/mol. The van der Waals surface area contributed by atoms with Crippen LogP contribution in [0.1, 0.15) is 18.0 Å². The summed E-state index contributed by atoms with van der Waals surface area (Å²) in [5.41, 5.74) is -0.231. The van der Waals surface area contributed by atoms with Gasteiger partial charge in [0.15, 0.2) is 11.6 Å². The van der Waals surface area contributed by atoms with Gasteiger partial charge in [-0.25, -0.2) is 8.78 Å². The lowest BCUT2D eigenvalue weighted by Gasteiger charge is -2.15. The van der Waals surface area contributed by atoms with Crippen molar-refractivity contribution in [2.75, 3.05) is 6.54 Å². The molecule has 1 heterocycles. The first-order valence-electron chi connectivity index (χ1n) is 5.24. The van der Waals surface area contributed by atoms with Crippen LogP contribution in [0.15, 0.2) is 10.5 Å². The normalized spacial score (nSPS) is 23.3. The van der Waals surface area contributed by atoms with Crippen LogP contribution in [0, 0.1) is 17.6 Å². The van der Waals surface area contributed by atoms with E-state index in [9.17, 15) is 18.7 Å². The van der Waals surface area contributed by atoms with Crippen molar-refractivity contribution in [3.8, 4) is 5.75 Å². The molecule has 4 nitrogen and oxygen atoms in total. The number of hydrogen-bond donors (Lipinski definition) is 3.